The zero-order valence-electron chi connectivity index (χ0n) is 40.9. The lowest BCUT2D eigenvalue weighted by Crippen LogP contribution is -2.37. The van der Waals surface area contributed by atoms with Crippen LogP contribution in [-0.4, -0.2) is 16.8 Å². The number of aromatic nitrogens is 2. The first-order valence-corrected chi connectivity index (χ1v) is 25.2. The van der Waals surface area contributed by atoms with Crippen LogP contribution in [0.2, 0.25) is 0 Å². The number of hydrogen-bond acceptors (Lipinski definition) is 3. The third-order valence-electron chi connectivity index (χ3n) is 16.0. The average molecular weight is 898 g/mol. The van der Waals surface area contributed by atoms with Crippen LogP contribution in [0.1, 0.15) is 103 Å². The highest BCUT2D eigenvalue weighted by molar-refractivity contribution is 7.21. The Balaban J connectivity index is 1.09. The third kappa shape index (κ3) is 5.94. The highest BCUT2D eigenvalue weighted by Crippen LogP contribution is 2.54. The molecule has 1 aliphatic heterocycles. The lowest BCUT2D eigenvalue weighted by molar-refractivity contribution is 0.589. The highest BCUT2D eigenvalue weighted by Gasteiger charge is 2.39. The molecule has 68 heavy (non-hydrogen) atoms. The van der Waals surface area contributed by atoms with Crippen LogP contribution >= 0.6 is 11.3 Å². The van der Waals surface area contributed by atoms with Crippen molar-refractivity contribution in [1.29, 1.82) is 0 Å². The Labute approximate surface area is 405 Å². The van der Waals surface area contributed by atoms with Gasteiger partial charge in [-0.2, -0.15) is 0 Å². The molecule has 0 saturated carbocycles. The molecule has 0 fully saturated rings. The first-order chi connectivity index (χ1) is 32.4. The summed E-state index contributed by atoms with van der Waals surface area (Å²) in [4.78, 5) is 5.30. The van der Waals surface area contributed by atoms with Crippen LogP contribution in [0, 0.1) is 0 Å². The minimum Gasteiger partial charge on any atom is -0.355 e. The van der Waals surface area contributed by atoms with Crippen LogP contribution < -0.4 is 16.2 Å². The van der Waals surface area contributed by atoms with E-state index in [1.165, 1.54) is 110 Å². The van der Waals surface area contributed by atoms with Crippen molar-refractivity contribution in [3.05, 3.63) is 179 Å². The van der Waals surface area contributed by atoms with Gasteiger partial charge in [0.2, 0.25) is 0 Å². The second-order valence-corrected chi connectivity index (χ2v) is 24.0. The average Bonchev–Trinajstić information content (AvgIpc) is 4.01. The van der Waals surface area contributed by atoms with E-state index in [1.54, 1.807) is 11.3 Å². The van der Waals surface area contributed by atoms with Gasteiger partial charge in [0.05, 0.1) is 15.7 Å². The van der Waals surface area contributed by atoms with Crippen molar-refractivity contribution in [3.63, 3.8) is 0 Å². The van der Waals surface area contributed by atoms with Gasteiger partial charge in [0.25, 0.3) is 0 Å². The van der Waals surface area contributed by atoms with Crippen LogP contribution in [0.4, 0.5) is 11.4 Å². The number of nitrogens with one attached hydrogen (secondary N) is 1. The SMILES string of the molecule is CC(C)(C)c1ccc(Nc2cc3c(cc2-c2ccc4c5cc6c(cc5n5c4c2Bc2cc4nc(-c7ccccc7)sc4cc2-5)C(C)(C)c2ccccc2-6)-c2cc(C(C)(C)C)ccc2C3(C)C)cc1. The van der Waals surface area contributed by atoms with E-state index in [0.29, 0.717) is 0 Å². The monoisotopic (exact) mass is 897 g/mol. The molecule has 5 heteroatoms. The summed E-state index contributed by atoms with van der Waals surface area (Å²) in [6.45, 7) is 23.4. The summed E-state index contributed by atoms with van der Waals surface area (Å²) in [6.07, 6.45) is 0. The van der Waals surface area contributed by atoms with E-state index in [-0.39, 0.29) is 21.7 Å². The van der Waals surface area contributed by atoms with Crippen molar-refractivity contribution in [2.75, 3.05) is 5.32 Å². The molecule has 332 valence electrons. The van der Waals surface area contributed by atoms with Gasteiger partial charge in [-0.05, 0) is 126 Å². The maximum Gasteiger partial charge on any atom is 0.198 e. The topological polar surface area (TPSA) is 29.9 Å². The number of anilines is 2. The Morgan fingerprint density at radius 2 is 1.21 bits per heavy atom. The fourth-order valence-corrected chi connectivity index (χ4v) is 13.1. The molecule has 10 aromatic rings. The normalized spacial score (nSPS) is 15.0. The van der Waals surface area contributed by atoms with Gasteiger partial charge in [0.1, 0.15) is 5.01 Å². The van der Waals surface area contributed by atoms with Gasteiger partial charge < -0.3 is 9.88 Å². The molecule has 2 aliphatic carbocycles. The molecule has 3 aliphatic rings. The maximum absolute atomic E-state index is 5.30. The number of nitrogens with zero attached hydrogens (tertiary/aromatic N) is 2. The zero-order chi connectivity index (χ0) is 46.8. The minimum absolute atomic E-state index is 0.0313. The molecular weight excluding hydrogens is 842 g/mol. The summed E-state index contributed by atoms with van der Waals surface area (Å²) in [5.74, 6) is 0. The first kappa shape index (κ1) is 41.5. The van der Waals surface area contributed by atoms with E-state index in [0.717, 1.165) is 34.7 Å². The van der Waals surface area contributed by atoms with Crippen molar-refractivity contribution in [2.24, 2.45) is 0 Å². The molecule has 0 atom stereocenters. The van der Waals surface area contributed by atoms with E-state index >= 15 is 0 Å². The summed E-state index contributed by atoms with van der Waals surface area (Å²) < 4.78 is 3.84. The molecule has 2 aromatic heterocycles. The minimum atomic E-state index is -0.167. The van der Waals surface area contributed by atoms with Crippen molar-refractivity contribution in [2.45, 2.75) is 90.9 Å². The Morgan fingerprint density at radius 1 is 0.544 bits per heavy atom. The molecular formula is C63H56BN3S. The van der Waals surface area contributed by atoms with Gasteiger partial charge >= 0.3 is 0 Å². The third-order valence-corrected chi connectivity index (χ3v) is 17.0. The fourth-order valence-electron chi connectivity index (χ4n) is 12.1. The smallest absolute Gasteiger partial charge is 0.198 e. The molecule has 8 aromatic carbocycles. The van der Waals surface area contributed by atoms with Gasteiger partial charge in [0.15, 0.2) is 7.28 Å². The second-order valence-electron chi connectivity index (χ2n) is 23.0. The molecule has 0 radical (unpaired) electrons. The van der Waals surface area contributed by atoms with E-state index in [1.807, 2.05) is 0 Å². The number of thiazole rings is 1. The number of fused-ring (bicyclic) bond motifs is 12. The maximum atomic E-state index is 5.30. The molecule has 1 N–H and O–H groups in total. The van der Waals surface area contributed by atoms with Gasteiger partial charge in [-0.25, -0.2) is 4.98 Å². The van der Waals surface area contributed by atoms with Crippen molar-refractivity contribution in [1.82, 2.24) is 9.55 Å². The Kier molecular flexibility index (Phi) is 8.52. The number of hydrogen-bond donors (Lipinski definition) is 1. The first-order valence-electron chi connectivity index (χ1n) is 24.4. The molecule has 0 bridgehead atoms. The summed E-state index contributed by atoms with van der Waals surface area (Å²) in [7, 11) is 0.799. The highest BCUT2D eigenvalue weighted by atomic mass is 32.1. The summed E-state index contributed by atoms with van der Waals surface area (Å²) >= 11 is 1.79. The van der Waals surface area contributed by atoms with Crippen LogP contribution in [0.5, 0.6) is 0 Å². The predicted octanol–water partition coefficient (Wildman–Crippen LogP) is 15.4. The van der Waals surface area contributed by atoms with E-state index < -0.39 is 0 Å². The van der Waals surface area contributed by atoms with Crippen LogP contribution in [0.3, 0.4) is 0 Å². The molecule has 0 unspecified atom stereocenters. The van der Waals surface area contributed by atoms with Crippen LogP contribution in [0.15, 0.2) is 146 Å². The Bertz CT molecular complexity index is 3790. The summed E-state index contributed by atoms with van der Waals surface area (Å²) in [6, 6.07) is 55.8. The van der Waals surface area contributed by atoms with Gasteiger partial charge in [-0.15, -0.1) is 11.3 Å². The van der Waals surface area contributed by atoms with Gasteiger partial charge in [-0.1, -0.05) is 172 Å². The lowest BCUT2D eigenvalue weighted by atomic mass is 9.59. The van der Waals surface area contributed by atoms with Crippen molar-refractivity contribution < 1.29 is 0 Å². The van der Waals surface area contributed by atoms with E-state index in [4.69, 9.17) is 4.98 Å². The summed E-state index contributed by atoms with van der Waals surface area (Å²) in [5.41, 5.74) is 26.9. The summed E-state index contributed by atoms with van der Waals surface area (Å²) in [5, 5.41) is 7.70. The van der Waals surface area contributed by atoms with Gasteiger partial charge in [0, 0.05) is 55.3 Å². The Morgan fingerprint density at radius 3 is 1.96 bits per heavy atom. The number of rotatable bonds is 4. The molecule has 0 spiro atoms. The zero-order valence-corrected chi connectivity index (χ0v) is 41.7. The Hall–Kier alpha value is -6.69. The van der Waals surface area contributed by atoms with Gasteiger partial charge in [-0.3, -0.25) is 0 Å². The standard InChI is InChI=1S/C63H56BN3S/c1-60(2,3)36-20-23-38(24-21-36)65-52-31-49-44(42-28-37(61(4,5)6)22-27-48(42)63(49,9)10)29-45(52)40-25-26-41-46-30-43-39-18-14-15-19-47(39)62(7,8)50(43)32-54(46)67-55-34-56-53(33-51(55)64-57(40)58(41)67)66-59(68-56)35-16-12-11-13-17-35/h11-34,64-65H,1-10H3. The van der Waals surface area contributed by atoms with E-state index in [2.05, 4.69) is 225 Å². The van der Waals surface area contributed by atoms with Crippen molar-refractivity contribution in [3.8, 4) is 49.6 Å². The molecule has 13 rings (SSSR count). The molecule has 3 nitrogen and oxygen atoms in total. The lowest BCUT2D eigenvalue weighted by Gasteiger charge is -2.26. The molecule has 3 heterocycles. The number of benzene rings is 8. The van der Waals surface area contributed by atoms with Crippen LogP contribution in [-0.2, 0) is 21.7 Å². The van der Waals surface area contributed by atoms with Crippen LogP contribution in [0.25, 0.3) is 81.7 Å². The van der Waals surface area contributed by atoms with Crippen molar-refractivity contribution >= 4 is 72.9 Å². The fraction of sp³-hybridized carbons (Fsp3) is 0.222. The largest absolute Gasteiger partial charge is 0.355 e. The predicted molar refractivity (Wildman–Crippen MR) is 294 cm³/mol. The second kappa shape index (κ2) is 14.0. The molecule has 0 amide bonds. The molecule has 0 saturated heterocycles. The van der Waals surface area contributed by atoms with E-state index in [9.17, 15) is 0 Å². The quantitative estimate of drug-likeness (QED) is 0.178.